The van der Waals surface area contributed by atoms with E-state index in [4.69, 9.17) is 38.2 Å². The third-order valence-corrected chi connectivity index (χ3v) is 25.7. The van der Waals surface area contributed by atoms with E-state index in [-0.39, 0.29) is 0 Å². The lowest BCUT2D eigenvalue weighted by atomic mass is 10.0. The molecule has 0 atom stereocenters. The second-order valence-corrected chi connectivity index (χ2v) is 32.1. The first-order valence-electron chi connectivity index (χ1n) is 41.4. The van der Waals surface area contributed by atoms with Crippen LogP contribution in [0.3, 0.4) is 0 Å². The third-order valence-electron chi connectivity index (χ3n) is 25.7. The molecule has 0 spiro atoms. The molecule has 123 heavy (non-hydrogen) atoms. The van der Waals surface area contributed by atoms with Gasteiger partial charge in [-0.3, -0.25) is 18.2 Å². The number of rotatable bonds is 3. The number of aromatic nitrogens is 11. The summed E-state index contributed by atoms with van der Waals surface area (Å²) in [4.78, 5) is 25.2. The fraction of sp³-hybridized carbons (Fsp3) is 0. The molecule has 14 aromatic heterocycles. The molecule has 0 aliphatic rings. The molecule has 0 saturated heterocycles. The predicted octanol–water partition coefficient (Wildman–Crippen LogP) is 28.2. The van der Waals surface area contributed by atoms with E-state index in [2.05, 4.69) is 330 Å². The summed E-state index contributed by atoms with van der Waals surface area (Å²) in [5.41, 5.74) is 28.5. The Hall–Kier alpha value is -17.0. The SMILES string of the molecule is c1ccc(-n2c3cc4c(cc3c3c5oc6ccccc6c5ccc32)c2ccccc2n2c3ccccc3nc42)cc1.c1ccc(-n2c3cc4c(cc3c3c5oc6ccccc6c5ccc32)c2cccnc2n2c3ccccc3nc42)cc1.c1ccc(-n2c3cc4c(cc3c3c5oc6ccccc6c5ccc32)c2ncccc2n2c3ccccc3nc42)cc1. The highest BCUT2D eigenvalue weighted by Crippen LogP contribution is 2.49. The van der Waals surface area contributed by atoms with Crippen LogP contribution >= 0.6 is 0 Å². The van der Waals surface area contributed by atoms with Crippen LogP contribution in [0, 0.1) is 0 Å². The molecule has 0 amide bonds. The maximum absolute atomic E-state index is 6.60. The van der Waals surface area contributed by atoms with Gasteiger partial charge in [-0.05, 0) is 205 Å². The van der Waals surface area contributed by atoms with Crippen LogP contribution < -0.4 is 0 Å². The Morgan fingerprint density at radius 1 is 0.187 bits per heavy atom. The monoisotopic (exact) mass is 1570 g/mol. The largest absolute Gasteiger partial charge is 0.455 e. The van der Waals surface area contributed by atoms with Gasteiger partial charge < -0.3 is 27.0 Å². The standard InChI is InChI=1S/C37H21N3O.2C36H20N4O/c1-2-10-22(11-3-1)39-32-19-18-25-24-13-5-9-17-34(24)41-36(25)35(32)28-20-26-23-12-4-7-15-30(23)40-31-16-8-6-14-29(31)38-37(40)27(26)21-33(28)39;1-2-9-21(10-3-1)39-30-17-16-23-22-11-4-7-15-32(22)41-34(23)33(30)27-19-25-24-12-8-18-37-35(24)40-29-14-6-5-13-28(29)38-36(40)26(25)20-31(27)39;1-2-9-21(10-3-1)39-29-17-16-23-22-11-4-7-15-32(22)41-35(23)33(29)26-19-24-25(20-31(26)39)36-38-27-12-5-6-13-28(27)40(36)30-14-8-18-37-34(24)30/h1-21H;2*1-20H. The molecule has 14 heteroatoms. The second-order valence-electron chi connectivity index (χ2n) is 32.1. The molecule has 30 rings (SSSR count). The van der Waals surface area contributed by atoms with E-state index in [0.29, 0.717) is 0 Å². The quantitative estimate of drug-likeness (QED) is 0.160. The van der Waals surface area contributed by atoms with Gasteiger partial charge >= 0.3 is 0 Å². The Balaban J connectivity index is 0.0000000946. The molecule has 0 aliphatic carbocycles. The number of benzene rings is 16. The van der Waals surface area contributed by atoms with E-state index in [1.165, 1.54) is 16.2 Å². The summed E-state index contributed by atoms with van der Waals surface area (Å²) < 4.78 is 33.6. The van der Waals surface area contributed by atoms with Crippen molar-refractivity contribution in [3.63, 3.8) is 0 Å². The summed E-state index contributed by atoms with van der Waals surface area (Å²) in [5, 5.41) is 22.6. The normalized spacial score (nSPS) is 12.4. The van der Waals surface area contributed by atoms with Crippen molar-refractivity contribution in [1.82, 2.24) is 51.8 Å². The first-order chi connectivity index (χ1) is 61.0. The van der Waals surface area contributed by atoms with Crippen molar-refractivity contribution in [3.8, 4) is 17.1 Å². The van der Waals surface area contributed by atoms with Crippen molar-refractivity contribution in [2.24, 2.45) is 0 Å². The van der Waals surface area contributed by atoms with Gasteiger partial charge in [0, 0.05) is 110 Å². The molecule has 0 unspecified atom stereocenters. The average Bonchev–Trinajstić information content (AvgIpc) is 1.55. The molecule has 0 aliphatic heterocycles. The lowest BCUT2D eigenvalue weighted by Crippen LogP contribution is -1.95. The molecule has 0 fully saturated rings. The van der Waals surface area contributed by atoms with Crippen LogP contribution in [0.4, 0.5) is 0 Å². The van der Waals surface area contributed by atoms with Crippen LogP contribution in [0.2, 0.25) is 0 Å². The molecule has 14 heterocycles. The molecule has 0 radical (unpaired) electrons. The fourth-order valence-electron chi connectivity index (χ4n) is 20.5. The zero-order chi connectivity index (χ0) is 80.0. The number of fused-ring (bicyclic) bond motifs is 45. The van der Waals surface area contributed by atoms with Crippen molar-refractivity contribution >= 4 is 247 Å². The maximum Gasteiger partial charge on any atom is 0.147 e. The van der Waals surface area contributed by atoms with E-state index in [1.807, 2.05) is 67.0 Å². The van der Waals surface area contributed by atoms with Crippen molar-refractivity contribution < 1.29 is 13.3 Å². The Morgan fingerprint density at radius 3 is 0.984 bits per heavy atom. The fourth-order valence-corrected chi connectivity index (χ4v) is 20.5. The number of imidazole rings is 3. The zero-order valence-electron chi connectivity index (χ0n) is 65.4. The molecular formula is C109H61N11O3. The van der Waals surface area contributed by atoms with Gasteiger partial charge in [-0.2, -0.15) is 0 Å². The van der Waals surface area contributed by atoms with Crippen LogP contribution in [0.15, 0.2) is 384 Å². The highest BCUT2D eigenvalue weighted by Gasteiger charge is 2.28. The predicted molar refractivity (Wildman–Crippen MR) is 504 cm³/mol. The molecule has 0 bridgehead atoms. The van der Waals surface area contributed by atoms with Gasteiger partial charge in [0.1, 0.15) is 56.1 Å². The van der Waals surface area contributed by atoms with E-state index < -0.39 is 0 Å². The van der Waals surface area contributed by atoms with Gasteiger partial charge in [0.15, 0.2) is 0 Å². The molecular weight excluding hydrogens is 1510 g/mol. The minimum absolute atomic E-state index is 0.898. The summed E-state index contributed by atoms with van der Waals surface area (Å²) in [6, 6.07) is 126. The smallest absolute Gasteiger partial charge is 0.147 e. The summed E-state index contributed by atoms with van der Waals surface area (Å²) in [7, 11) is 0. The van der Waals surface area contributed by atoms with Gasteiger partial charge in [0.25, 0.3) is 0 Å². The number of para-hydroxylation sites is 13. The van der Waals surface area contributed by atoms with Crippen molar-refractivity contribution in [1.29, 1.82) is 0 Å². The van der Waals surface area contributed by atoms with Crippen molar-refractivity contribution in [2.45, 2.75) is 0 Å². The van der Waals surface area contributed by atoms with Crippen LogP contribution in [0.5, 0.6) is 0 Å². The Bertz CT molecular complexity index is 8970. The summed E-state index contributed by atoms with van der Waals surface area (Å²) in [5.74, 6) is 0. The topological polar surface area (TPSA) is 132 Å². The molecule has 16 aromatic carbocycles. The van der Waals surface area contributed by atoms with Crippen LogP contribution in [0.1, 0.15) is 0 Å². The number of hydrogen-bond acceptors (Lipinski definition) is 8. The van der Waals surface area contributed by atoms with E-state index in [0.717, 1.165) is 247 Å². The lowest BCUT2D eigenvalue weighted by molar-refractivity contribution is 0.672. The van der Waals surface area contributed by atoms with Gasteiger partial charge in [-0.25, -0.2) is 19.9 Å². The van der Waals surface area contributed by atoms with Crippen molar-refractivity contribution in [3.05, 3.63) is 370 Å². The van der Waals surface area contributed by atoms with Gasteiger partial charge in [0.05, 0.1) is 98.9 Å². The van der Waals surface area contributed by atoms with Gasteiger partial charge in [-0.1, -0.05) is 164 Å². The minimum atomic E-state index is 0.898. The molecule has 0 saturated carbocycles. The van der Waals surface area contributed by atoms with Gasteiger partial charge in [0.2, 0.25) is 0 Å². The molecule has 0 N–H and O–H groups in total. The van der Waals surface area contributed by atoms with E-state index in [9.17, 15) is 0 Å². The number of furan rings is 3. The van der Waals surface area contributed by atoms with Gasteiger partial charge in [-0.15, -0.1) is 0 Å². The minimum Gasteiger partial charge on any atom is -0.455 e. The first-order valence-corrected chi connectivity index (χ1v) is 41.4. The third kappa shape index (κ3) is 9.15. The highest BCUT2D eigenvalue weighted by atomic mass is 16.3. The van der Waals surface area contributed by atoms with E-state index in [1.54, 1.807) is 0 Å². The van der Waals surface area contributed by atoms with Crippen molar-refractivity contribution in [2.75, 3.05) is 0 Å². The molecule has 570 valence electrons. The Morgan fingerprint density at radius 2 is 0.520 bits per heavy atom. The summed E-state index contributed by atoms with van der Waals surface area (Å²) in [6.07, 6.45) is 3.74. The van der Waals surface area contributed by atoms with Crippen LogP contribution in [-0.4, -0.2) is 51.8 Å². The summed E-state index contributed by atoms with van der Waals surface area (Å²) in [6.45, 7) is 0. The number of nitrogens with zero attached hydrogens (tertiary/aromatic N) is 11. The summed E-state index contributed by atoms with van der Waals surface area (Å²) >= 11 is 0. The zero-order valence-corrected chi connectivity index (χ0v) is 65.4. The average molecular weight is 1570 g/mol. The maximum atomic E-state index is 6.60. The lowest BCUT2D eigenvalue weighted by Gasteiger charge is -2.11. The molecule has 30 aromatic rings. The number of pyridine rings is 5. The Labute approximate surface area is 694 Å². The highest BCUT2D eigenvalue weighted by molar-refractivity contribution is 6.32. The molecule has 14 nitrogen and oxygen atoms in total. The van der Waals surface area contributed by atoms with Crippen LogP contribution in [-0.2, 0) is 0 Å². The van der Waals surface area contributed by atoms with Crippen LogP contribution in [0.25, 0.3) is 264 Å². The van der Waals surface area contributed by atoms with E-state index >= 15 is 0 Å². The number of hydrogen-bond donors (Lipinski definition) is 0. The Kier molecular flexibility index (Phi) is 13.3. The second kappa shape index (κ2) is 24.8. The first kappa shape index (κ1) is 66.1.